The maximum absolute atomic E-state index is 12.3. The van der Waals surface area contributed by atoms with Crippen molar-refractivity contribution in [2.24, 2.45) is 5.92 Å². The van der Waals surface area contributed by atoms with Gasteiger partial charge in [-0.15, -0.1) is 0 Å². The minimum absolute atomic E-state index is 0.0968. The molecule has 0 bridgehead atoms. The highest BCUT2D eigenvalue weighted by atomic mass is 16.1. The van der Waals surface area contributed by atoms with Crippen molar-refractivity contribution >= 4 is 5.78 Å². The van der Waals surface area contributed by atoms with Crippen LogP contribution in [0.4, 0.5) is 0 Å². The van der Waals surface area contributed by atoms with Gasteiger partial charge in [-0.05, 0) is 25.8 Å². The maximum atomic E-state index is 12.3. The van der Waals surface area contributed by atoms with Crippen molar-refractivity contribution in [1.82, 2.24) is 4.90 Å². The van der Waals surface area contributed by atoms with Crippen LogP contribution < -0.4 is 0 Å². The van der Waals surface area contributed by atoms with Crippen LogP contribution in [-0.2, 0) is 0 Å². The van der Waals surface area contributed by atoms with E-state index < -0.39 is 0 Å². The van der Waals surface area contributed by atoms with Crippen molar-refractivity contribution in [3.05, 3.63) is 35.9 Å². The molecule has 2 rings (SSSR count). The van der Waals surface area contributed by atoms with Gasteiger partial charge in [-0.25, -0.2) is 0 Å². The molecule has 0 N–H and O–H groups in total. The van der Waals surface area contributed by atoms with Crippen molar-refractivity contribution in [3.63, 3.8) is 0 Å². The number of hydrogen-bond acceptors (Lipinski definition) is 2. The summed E-state index contributed by atoms with van der Waals surface area (Å²) in [6.45, 7) is 6.29. The van der Waals surface area contributed by atoms with E-state index in [1.807, 2.05) is 30.3 Å². The summed E-state index contributed by atoms with van der Waals surface area (Å²) in [5, 5.41) is 0. The van der Waals surface area contributed by atoms with Gasteiger partial charge >= 0.3 is 0 Å². The Balaban J connectivity index is 1.94. The highest BCUT2D eigenvalue weighted by Crippen LogP contribution is 2.28. The van der Waals surface area contributed by atoms with Crippen LogP contribution in [0, 0.1) is 5.92 Å². The molecule has 98 valence electrons. The lowest BCUT2D eigenvalue weighted by Gasteiger charge is -2.24. The molecule has 1 aromatic rings. The first-order valence-corrected chi connectivity index (χ1v) is 7.05. The molecule has 1 aliphatic rings. The Bertz CT molecular complexity index is 383. The molecule has 2 heteroatoms. The Morgan fingerprint density at radius 3 is 2.56 bits per heavy atom. The van der Waals surface area contributed by atoms with E-state index >= 15 is 0 Å². The Kier molecular flexibility index (Phi) is 4.54. The molecule has 0 aliphatic heterocycles. The number of nitrogens with zero attached hydrogens (tertiary/aromatic N) is 1. The maximum Gasteiger partial charge on any atom is 0.166 e. The summed E-state index contributed by atoms with van der Waals surface area (Å²) < 4.78 is 0. The largest absolute Gasteiger partial charge is 0.300 e. The van der Waals surface area contributed by atoms with Crippen molar-refractivity contribution in [2.75, 3.05) is 13.1 Å². The highest BCUT2D eigenvalue weighted by Gasteiger charge is 2.30. The molecule has 1 aliphatic carbocycles. The van der Waals surface area contributed by atoms with Gasteiger partial charge in [-0.2, -0.15) is 0 Å². The van der Waals surface area contributed by atoms with E-state index in [4.69, 9.17) is 0 Å². The average Bonchev–Trinajstić information content (AvgIpc) is 3.22. The standard InChI is InChI=1S/C16H23NO/c1-3-11-17(15-9-10-15)12-13(2)16(18)14-7-5-4-6-8-14/h4-8,13,15H,3,9-12H2,1-2H3. The van der Waals surface area contributed by atoms with Crippen LogP contribution >= 0.6 is 0 Å². The van der Waals surface area contributed by atoms with Crippen LogP contribution in [-0.4, -0.2) is 29.8 Å². The fraction of sp³-hybridized carbons (Fsp3) is 0.562. The molecule has 1 fully saturated rings. The van der Waals surface area contributed by atoms with Crippen molar-refractivity contribution < 1.29 is 4.79 Å². The molecule has 0 heterocycles. The summed E-state index contributed by atoms with van der Waals surface area (Å²) in [6, 6.07) is 10.4. The van der Waals surface area contributed by atoms with Crippen LogP contribution in [0.3, 0.4) is 0 Å². The second-order valence-electron chi connectivity index (χ2n) is 5.36. The monoisotopic (exact) mass is 245 g/mol. The molecule has 0 radical (unpaired) electrons. The van der Waals surface area contributed by atoms with E-state index in [-0.39, 0.29) is 11.7 Å². The Hall–Kier alpha value is -1.15. The molecule has 1 atom stereocenters. The summed E-state index contributed by atoms with van der Waals surface area (Å²) in [7, 11) is 0. The normalized spacial score (nSPS) is 16.8. The zero-order valence-electron chi connectivity index (χ0n) is 11.4. The third-order valence-electron chi connectivity index (χ3n) is 3.59. The van der Waals surface area contributed by atoms with E-state index in [0.29, 0.717) is 0 Å². The molecule has 1 unspecified atom stereocenters. The van der Waals surface area contributed by atoms with Gasteiger partial charge in [0.15, 0.2) is 5.78 Å². The van der Waals surface area contributed by atoms with Crippen LogP contribution in [0.15, 0.2) is 30.3 Å². The molecule has 1 aromatic carbocycles. The summed E-state index contributed by atoms with van der Waals surface area (Å²) in [5.74, 6) is 0.372. The summed E-state index contributed by atoms with van der Waals surface area (Å²) in [4.78, 5) is 14.8. The van der Waals surface area contributed by atoms with Gasteiger partial charge in [0.2, 0.25) is 0 Å². The Labute approximate surface area is 110 Å². The Morgan fingerprint density at radius 2 is 2.00 bits per heavy atom. The second kappa shape index (κ2) is 6.14. The van der Waals surface area contributed by atoms with Gasteiger partial charge in [0.1, 0.15) is 0 Å². The minimum Gasteiger partial charge on any atom is -0.300 e. The lowest BCUT2D eigenvalue weighted by Crippen LogP contribution is -2.34. The third kappa shape index (κ3) is 3.42. The fourth-order valence-corrected chi connectivity index (χ4v) is 2.47. The number of benzene rings is 1. The first-order valence-electron chi connectivity index (χ1n) is 7.05. The molecule has 2 nitrogen and oxygen atoms in total. The molecule has 0 aromatic heterocycles. The summed E-state index contributed by atoms with van der Waals surface area (Å²) in [5.41, 5.74) is 0.845. The predicted molar refractivity (Wildman–Crippen MR) is 74.8 cm³/mol. The fourth-order valence-electron chi connectivity index (χ4n) is 2.47. The van der Waals surface area contributed by atoms with Gasteiger partial charge in [0.05, 0.1) is 0 Å². The van der Waals surface area contributed by atoms with Crippen LogP contribution in [0.5, 0.6) is 0 Å². The van der Waals surface area contributed by atoms with E-state index in [2.05, 4.69) is 18.7 Å². The van der Waals surface area contributed by atoms with E-state index in [1.165, 1.54) is 19.3 Å². The Morgan fingerprint density at radius 1 is 1.33 bits per heavy atom. The molecule has 0 saturated heterocycles. The summed E-state index contributed by atoms with van der Waals surface area (Å²) in [6.07, 6.45) is 3.79. The zero-order chi connectivity index (χ0) is 13.0. The molecule has 0 spiro atoms. The van der Waals surface area contributed by atoms with Crippen LogP contribution in [0.25, 0.3) is 0 Å². The SMILES string of the molecule is CCCN(CC(C)C(=O)c1ccccc1)C1CC1. The van der Waals surface area contributed by atoms with Gasteiger partial charge < -0.3 is 0 Å². The van der Waals surface area contributed by atoms with Gasteiger partial charge in [-0.3, -0.25) is 9.69 Å². The molecule has 0 amide bonds. The lowest BCUT2D eigenvalue weighted by atomic mass is 9.99. The third-order valence-corrected chi connectivity index (χ3v) is 3.59. The smallest absolute Gasteiger partial charge is 0.166 e. The van der Waals surface area contributed by atoms with Crippen molar-refractivity contribution in [1.29, 1.82) is 0 Å². The first-order chi connectivity index (χ1) is 8.72. The number of carbonyl (C=O) groups excluding carboxylic acids is 1. The van der Waals surface area contributed by atoms with Crippen molar-refractivity contribution in [2.45, 2.75) is 39.2 Å². The number of rotatable bonds is 7. The van der Waals surface area contributed by atoms with Gasteiger partial charge in [-0.1, -0.05) is 44.2 Å². The van der Waals surface area contributed by atoms with Crippen LogP contribution in [0.1, 0.15) is 43.5 Å². The quantitative estimate of drug-likeness (QED) is 0.686. The topological polar surface area (TPSA) is 20.3 Å². The molecule has 1 saturated carbocycles. The number of hydrogen-bond donors (Lipinski definition) is 0. The number of ketones is 1. The second-order valence-corrected chi connectivity index (χ2v) is 5.36. The first kappa shape index (κ1) is 13.3. The molecular formula is C16H23NO. The van der Waals surface area contributed by atoms with Gasteiger partial charge in [0, 0.05) is 24.1 Å². The summed E-state index contributed by atoms with van der Waals surface area (Å²) >= 11 is 0. The average molecular weight is 245 g/mol. The van der Waals surface area contributed by atoms with Crippen LogP contribution in [0.2, 0.25) is 0 Å². The van der Waals surface area contributed by atoms with E-state index in [9.17, 15) is 4.79 Å². The van der Waals surface area contributed by atoms with E-state index in [0.717, 1.165) is 24.7 Å². The minimum atomic E-state index is 0.0968. The van der Waals surface area contributed by atoms with Gasteiger partial charge in [0.25, 0.3) is 0 Å². The lowest BCUT2D eigenvalue weighted by molar-refractivity contribution is 0.0890. The van der Waals surface area contributed by atoms with Crippen molar-refractivity contribution in [3.8, 4) is 0 Å². The molecule has 18 heavy (non-hydrogen) atoms. The zero-order valence-corrected chi connectivity index (χ0v) is 11.4. The van der Waals surface area contributed by atoms with E-state index in [1.54, 1.807) is 0 Å². The predicted octanol–water partition coefficient (Wildman–Crippen LogP) is 3.38. The molecular weight excluding hydrogens is 222 g/mol. The highest BCUT2D eigenvalue weighted by molar-refractivity contribution is 5.97. The number of Topliss-reactive ketones (excluding diaryl/α,β-unsaturated/α-hetero) is 1. The number of carbonyl (C=O) groups is 1.